The van der Waals surface area contributed by atoms with Crippen LogP contribution in [0.15, 0.2) is 0 Å². The van der Waals surface area contributed by atoms with Crippen LogP contribution >= 0.6 is 0 Å². The molecule has 2 rings (SSSR count). The predicted octanol–water partition coefficient (Wildman–Crippen LogP) is 1.22. The normalized spacial score (nSPS) is 33.5. The van der Waals surface area contributed by atoms with Crippen LogP contribution in [0.3, 0.4) is 0 Å². The first kappa shape index (κ1) is 8.52. The Morgan fingerprint density at radius 2 is 1.83 bits per heavy atom. The summed E-state index contributed by atoms with van der Waals surface area (Å²) in [5.41, 5.74) is 0. The molecule has 1 atom stereocenters. The summed E-state index contributed by atoms with van der Waals surface area (Å²) >= 11 is 0. The molecule has 2 aliphatic rings. The lowest BCUT2D eigenvalue weighted by molar-refractivity contribution is 0.135. The Balaban J connectivity index is 1.89. The van der Waals surface area contributed by atoms with Crippen molar-refractivity contribution < 1.29 is 0 Å². The number of hydrogen-bond donors (Lipinski definition) is 1. The minimum Gasteiger partial charge on any atom is -0.315 e. The Hall–Kier alpha value is -0.0800. The molecule has 0 aromatic heterocycles. The van der Waals surface area contributed by atoms with Gasteiger partial charge in [-0.15, -0.1) is 0 Å². The zero-order chi connectivity index (χ0) is 8.23. The van der Waals surface area contributed by atoms with Crippen molar-refractivity contribution in [1.82, 2.24) is 10.2 Å². The van der Waals surface area contributed by atoms with Gasteiger partial charge in [0.1, 0.15) is 0 Å². The van der Waals surface area contributed by atoms with E-state index in [1.54, 1.807) is 0 Å². The average molecular weight is 168 g/mol. The van der Waals surface area contributed by atoms with Crippen LogP contribution in [0.1, 0.15) is 32.1 Å². The van der Waals surface area contributed by atoms with Gasteiger partial charge in [0.25, 0.3) is 0 Å². The van der Waals surface area contributed by atoms with Gasteiger partial charge in [-0.25, -0.2) is 0 Å². The number of nitrogens with one attached hydrogen (secondary N) is 1. The van der Waals surface area contributed by atoms with E-state index in [4.69, 9.17) is 0 Å². The number of hydrogen-bond acceptors (Lipinski definition) is 2. The molecule has 0 aliphatic carbocycles. The van der Waals surface area contributed by atoms with Gasteiger partial charge < -0.3 is 5.32 Å². The van der Waals surface area contributed by atoms with E-state index in [-0.39, 0.29) is 0 Å². The summed E-state index contributed by atoms with van der Waals surface area (Å²) in [6, 6.07) is 0.860. The average Bonchev–Trinajstić information content (AvgIpc) is 2.06. The largest absolute Gasteiger partial charge is 0.315 e. The summed E-state index contributed by atoms with van der Waals surface area (Å²) in [6.45, 7) is 5.18. The van der Waals surface area contributed by atoms with Crippen molar-refractivity contribution in [3.8, 4) is 0 Å². The highest BCUT2D eigenvalue weighted by atomic mass is 15.2. The van der Waals surface area contributed by atoms with Gasteiger partial charge in [0, 0.05) is 12.6 Å². The maximum Gasteiger partial charge on any atom is 0.0220 e. The van der Waals surface area contributed by atoms with Crippen LogP contribution in [0.4, 0.5) is 0 Å². The molecule has 0 radical (unpaired) electrons. The quantitative estimate of drug-likeness (QED) is 0.585. The Bertz CT molecular complexity index is 120. The second kappa shape index (κ2) is 4.24. The van der Waals surface area contributed by atoms with Gasteiger partial charge in [0.05, 0.1) is 0 Å². The van der Waals surface area contributed by atoms with E-state index in [9.17, 15) is 0 Å². The molecular formula is C10H20N2. The topological polar surface area (TPSA) is 15.3 Å². The number of fused-ring (bicyclic) bond motifs is 1. The fourth-order valence-electron chi connectivity index (χ4n) is 2.42. The summed E-state index contributed by atoms with van der Waals surface area (Å²) in [6.07, 6.45) is 7.05. The van der Waals surface area contributed by atoms with Gasteiger partial charge in [0.15, 0.2) is 0 Å². The maximum absolute atomic E-state index is 3.54. The maximum atomic E-state index is 3.54. The van der Waals surface area contributed by atoms with Gasteiger partial charge >= 0.3 is 0 Å². The van der Waals surface area contributed by atoms with Crippen molar-refractivity contribution in [1.29, 1.82) is 0 Å². The van der Waals surface area contributed by atoms with Gasteiger partial charge in [-0.2, -0.15) is 0 Å². The van der Waals surface area contributed by atoms with Gasteiger partial charge in [-0.1, -0.05) is 6.42 Å². The van der Waals surface area contributed by atoms with Gasteiger partial charge in [0.2, 0.25) is 0 Å². The molecule has 1 unspecified atom stereocenters. The van der Waals surface area contributed by atoms with E-state index in [1.807, 2.05) is 0 Å². The molecular weight excluding hydrogens is 148 g/mol. The van der Waals surface area contributed by atoms with Crippen LogP contribution in [-0.4, -0.2) is 37.1 Å². The molecule has 70 valence electrons. The molecule has 0 aromatic rings. The molecule has 0 saturated carbocycles. The Morgan fingerprint density at radius 1 is 1.00 bits per heavy atom. The molecule has 1 N–H and O–H groups in total. The first-order chi connectivity index (χ1) is 5.97. The van der Waals surface area contributed by atoms with Gasteiger partial charge in [-0.3, -0.25) is 4.90 Å². The van der Waals surface area contributed by atoms with Gasteiger partial charge in [-0.05, 0) is 45.3 Å². The SMILES string of the molecule is C1CCN2CCCCC2CNC1. The monoisotopic (exact) mass is 168 g/mol. The van der Waals surface area contributed by atoms with E-state index in [0.717, 1.165) is 6.04 Å². The Kier molecular flexibility index (Phi) is 3.01. The molecule has 2 fully saturated rings. The predicted molar refractivity (Wildman–Crippen MR) is 51.3 cm³/mol. The molecule has 0 aromatic carbocycles. The van der Waals surface area contributed by atoms with E-state index in [2.05, 4.69) is 10.2 Å². The second-order valence-corrected chi connectivity index (χ2v) is 4.10. The van der Waals surface area contributed by atoms with E-state index >= 15 is 0 Å². The smallest absolute Gasteiger partial charge is 0.0220 e. The van der Waals surface area contributed by atoms with Crippen LogP contribution in [0, 0.1) is 0 Å². The highest BCUT2D eigenvalue weighted by Gasteiger charge is 2.22. The highest BCUT2D eigenvalue weighted by Crippen LogP contribution is 2.17. The van der Waals surface area contributed by atoms with Crippen molar-refractivity contribution in [3.63, 3.8) is 0 Å². The third-order valence-electron chi connectivity index (χ3n) is 3.18. The molecule has 0 spiro atoms. The molecule has 2 nitrogen and oxygen atoms in total. The summed E-state index contributed by atoms with van der Waals surface area (Å²) in [7, 11) is 0. The summed E-state index contributed by atoms with van der Waals surface area (Å²) in [4.78, 5) is 2.69. The molecule has 2 heterocycles. The van der Waals surface area contributed by atoms with Crippen molar-refractivity contribution in [2.75, 3.05) is 26.2 Å². The van der Waals surface area contributed by atoms with E-state index < -0.39 is 0 Å². The lowest BCUT2D eigenvalue weighted by Gasteiger charge is -2.37. The number of piperidine rings is 1. The summed E-state index contributed by atoms with van der Waals surface area (Å²) < 4.78 is 0. The molecule has 2 saturated heterocycles. The van der Waals surface area contributed by atoms with Crippen LogP contribution < -0.4 is 5.32 Å². The fraction of sp³-hybridized carbons (Fsp3) is 1.00. The molecule has 0 amide bonds. The zero-order valence-electron chi connectivity index (χ0n) is 7.89. The van der Waals surface area contributed by atoms with Crippen molar-refractivity contribution in [3.05, 3.63) is 0 Å². The van der Waals surface area contributed by atoms with E-state index in [1.165, 1.54) is 58.3 Å². The molecule has 12 heavy (non-hydrogen) atoms. The van der Waals surface area contributed by atoms with Crippen LogP contribution in [0.25, 0.3) is 0 Å². The second-order valence-electron chi connectivity index (χ2n) is 4.10. The third-order valence-corrected chi connectivity index (χ3v) is 3.18. The molecule has 2 aliphatic heterocycles. The molecule has 0 bridgehead atoms. The van der Waals surface area contributed by atoms with Crippen molar-refractivity contribution in [2.45, 2.75) is 38.1 Å². The minimum absolute atomic E-state index is 0.860. The summed E-state index contributed by atoms with van der Waals surface area (Å²) in [5.74, 6) is 0. The lowest BCUT2D eigenvalue weighted by Crippen LogP contribution is -2.47. The zero-order valence-corrected chi connectivity index (χ0v) is 7.89. The van der Waals surface area contributed by atoms with Crippen molar-refractivity contribution >= 4 is 0 Å². The minimum atomic E-state index is 0.860. The first-order valence-corrected chi connectivity index (χ1v) is 5.41. The number of nitrogens with zero attached hydrogens (tertiary/aromatic N) is 1. The Labute approximate surface area is 75.3 Å². The molecule has 2 heteroatoms. The summed E-state index contributed by atoms with van der Waals surface area (Å²) in [5, 5.41) is 3.54. The van der Waals surface area contributed by atoms with E-state index in [0.29, 0.717) is 0 Å². The first-order valence-electron chi connectivity index (χ1n) is 5.41. The van der Waals surface area contributed by atoms with Crippen LogP contribution in [0.5, 0.6) is 0 Å². The number of rotatable bonds is 0. The standard InChI is InChI=1S/C10H20N2/c1-3-7-12-8-4-2-6-11-9-10(12)5-1/h10-11H,1-9H2. The fourth-order valence-corrected chi connectivity index (χ4v) is 2.42. The highest BCUT2D eigenvalue weighted by molar-refractivity contribution is 4.80. The van der Waals surface area contributed by atoms with Crippen LogP contribution in [-0.2, 0) is 0 Å². The Morgan fingerprint density at radius 3 is 2.75 bits per heavy atom. The van der Waals surface area contributed by atoms with Crippen molar-refractivity contribution in [2.24, 2.45) is 0 Å². The van der Waals surface area contributed by atoms with Crippen LogP contribution in [0.2, 0.25) is 0 Å². The third kappa shape index (κ3) is 1.99. The lowest BCUT2D eigenvalue weighted by atomic mass is 10.0.